The fourth-order valence-electron chi connectivity index (χ4n) is 2.66. The number of piperidine rings is 1. The summed E-state index contributed by atoms with van der Waals surface area (Å²) >= 11 is 0. The lowest BCUT2D eigenvalue weighted by Crippen LogP contribution is -2.38. The van der Waals surface area contributed by atoms with Crippen molar-refractivity contribution in [1.82, 2.24) is 4.31 Å². The fraction of sp³-hybridized carbons (Fsp3) is 0.278. The summed E-state index contributed by atoms with van der Waals surface area (Å²) < 4.78 is 39.8. The maximum atomic E-state index is 13.3. The second kappa shape index (κ2) is 7.84. The summed E-state index contributed by atoms with van der Waals surface area (Å²) in [5, 5.41) is 4.11. The number of anilines is 1. The molecule has 0 radical (unpaired) electrons. The summed E-state index contributed by atoms with van der Waals surface area (Å²) in [6.07, 6.45) is 0.965. The molecule has 0 amide bonds. The molecule has 8 heteroatoms. The van der Waals surface area contributed by atoms with Crippen LogP contribution in [-0.2, 0) is 21.5 Å². The topological polar surface area (TPSA) is 85.0 Å². The number of sulfonamides is 1. The number of hydrogen-bond donors (Lipinski definition) is 1. The number of hydrogen-bond acceptors (Lipinski definition) is 5. The molecular formula is C18H20FN3O3S. The zero-order valence-corrected chi connectivity index (χ0v) is 15.0. The third-order valence-electron chi connectivity index (χ3n) is 4.14. The van der Waals surface area contributed by atoms with E-state index >= 15 is 0 Å². The molecule has 3 rings (SSSR count). The number of nitrogens with two attached hydrogens (primary N) is 1. The number of oxime groups is 1. The molecule has 0 aromatic heterocycles. The SMILES string of the molecule is Nc1ccc(CON=C2CCN(S(=O)(=O)c3cccc(F)c3)CC2)cc1. The molecule has 26 heavy (non-hydrogen) atoms. The number of rotatable bonds is 5. The van der Waals surface area contributed by atoms with Crippen LogP contribution in [0.5, 0.6) is 0 Å². The first kappa shape index (κ1) is 18.3. The Kier molecular flexibility index (Phi) is 5.53. The van der Waals surface area contributed by atoms with Crippen molar-refractivity contribution in [1.29, 1.82) is 0 Å². The van der Waals surface area contributed by atoms with Gasteiger partial charge in [0.05, 0.1) is 10.6 Å². The lowest BCUT2D eigenvalue weighted by Gasteiger charge is -2.26. The summed E-state index contributed by atoms with van der Waals surface area (Å²) in [6, 6.07) is 12.4. The first-order valence-electron chi connectivity index (χ1n) is 8.23. The van der Waals surface area contributed by atoms with Crippen LogP contribution < -0.4 is 5.73 Å². The van der Waals surface area contributed by atoms with Gasteiger partial charge in [0.2, 0.25) is 10.0 Å². The molecule has 0 atom stereocenters. The summed E-state index contributed by atoms with van der Waals surface area (Å²) in [5.41, 5.74) is 8.08. The van der Waals surface area contributed by atoms with Crippen LogP contribution in [0.4, 0.5) is 10.1 Å². The molecule has 1 fully saturated rings. The minimum absolute atomic E-state index is 0.0301. The molecule has 1 aliphatic rings. The zero-order chi connectivity index (χ0) is 18.6. The summed E-state index contributed by atoms with van der Waals surface area (Å²) in [5.74, 6) is -0.568. The average Bonchev–Trinajstić information content (AvgIpc) is 2.64. The van der Waals surface area contributed by atoms with Gasteiger partial charge in [-0.05, 0) is 35.9 Å². The van der Waals surface area contributed by atoms with E-state index in [1.807, 2.05) is 12.1 Å². The molecular weight excluding hydrogens is 357 g/mol. The van der Waals surface area contributed by atoms with Crippen molar-refractivity contribution in [3.63, 3.8) is 0 Å². The van der Waals surface area contributed by atoms with E-state index < -0.39 is 15.8 Å². The van der Waals surface area contributed by atoms with Crippen LogP contribution in [0.2, 0.25) is 0 Å². The van der Waals surface area contributed by atoms with Crippen LogP contribution in [0.1, 0.15) is 18.4 Å². The van der Waals surface area contributed by atoms with Crippen molar-refractivity contribution in [3.8, 4) is 0 Å². The molecule has 0 spiro atoms. The highest BCUT2D eigenvalue weighted by atomic mass is 32.2. The first-order chi connectivity index (χ1) is 12.4. The van der Waals surface area contributed by atoms with Gasteiger partial charge in [-0.15, -0.1) is 0 Å². The van der Waals surface area contributed by atoms with Crippen molar-refractivity contribution in [2.24, 2.45) is 5.16 Å². The molecule has 1 saturated heterocycles. The normalized spacial score (nSPS) is 15.7. The molecule has 2 N–H and O–H groups in total. The van der Waals surface area contributed by atoms with E-state index in [0.717, 1.165) is 17.3 Å². The van der Waals surface area contributed by atoms with Gasteiger partial charge in [0.15, 0.2) is 0 Å². The van der Waals surface area contributed by atoms with Gasteiger partial charge >= 0.3 is 0 Å². The van der Waals surface area contributed by atoms with Gasteiger partial charge in [0.25, 0.3) is 0 Å². The maximum Gasteiger partial charge on any atom is 0.243 e. The van der Waals surface area contributed by atoms with Crippen molar-refractivity contribution in [2.75, 3.05) is 18.8 Å². The number of halogens is 1. The van der Waals surface area contributed by atoms with Gasteiger partial charge in [-0.3, -0.25) is 0 Å². The third-order valence-corrected chi connectivity index (χ3v) is 6.03. The van der Waals surface area contributed by atoms with Gasteiger partial charge in [0.1, 0.15) is 12.4 Å². The Balaban J connectivity index is 1.56. The molecule has 1 heterocycles. The van der Waals surface area contributed by atoms with E-state index in [2.05, 4.69) is 5.16 Å². The van der Waals surface area contributed by atoms with Crippen molar-refractivity contribution < 1.29 is 17.6 Å². The Bertz CT molecular complexity index is 888. The monoisotopic (exact) mass is 377 g/mol. The van der Waals surface area contributed by atoms with Gasteiger partial charge in [-0.1, -0.05) is 23.4 Å². The largest absolute Gasteiger partial charge is 0.399 e. The van der Waals surface area contributed by atoms with Crippen LogP contribution in [-0.4, -0.2) is 31.5 Å². The third kappa shape index (κ3) is 4.39. The molecule has 6 nitrogen and oxygen atoms in total. The highest BCUT2D eigenvalue weighted by Crippen LogP contribution is 2.20. The van der Waals surface area contributed by atoms with Gasteiger partial charge in [-0.25, -0.2) is 12.8 Å². The van der Waals surface area contributed by atoms with Crippen LogP contribution in [0.3, 0.4) is 0 Å². The highest BCUT2D eigenvalue weighted by Gasteiger charge is 2.28. The highest BCUT2D eigenvalue weighted by molar-refractivity contribution is 7.89. The minimum Gasteiger partial charge on any atom is -0.399 e. The Morgan fingerprint density at radius 1 is 1.12 bits per heavy atom. The fourth-order valence-corrected chi connectivity index (χ4v) is 4.14. The molecule has 2 aromatic rings. The van der Waals surface area contributed by atoms with E-state index in [4.69, 9.17) is 10.6 Å². The molecule has 0 bridgehead atoms. The Morgan fingerprint density at radius 3 is 2.46 bits per heavy atom. The zero-order valence-electron chi connectivity index (χ0n) is 14.1. The van der Waals surface area contributed by atoms with Crippen LogP contribution >= 0.6 is 0 Å². The summed E-state index contributed by atoms with van der Waals surface area (Å²) in [6.45, 7) is 0.918. The summed E-state index contributed by atoms with van der Waals surface area (Å²) in [4.78, 5) is 5.32. The average molecular weight is 377 g/mol. The van der Waals surface area contributed by atoms with Gasteiger partial charge < -0.3 is 10.6 Å². The second-order valence-corrected chi connectivity index (χ2v) is 7.97. The van der Waals surface area contributed by atoms with E-state index in [9.17, 15) is 12.8 Å². The number of benzene rings is 2. The van der Waals surface area contributed by atoms with E-state index in [0.29, 0.717) is 38.2 Å². The Labute approximate surface area is 152 Å². The smallest absolute Gasteiger partial charge is 0.243 e. The minimum atomic E-state index is -3.69. The Hall–Kier alpha value is -2.45. The predicted octanol–water partition coefficient (Wildman–Crippen LogP) is 2.77. The summed E-state index contributed by atoms with van der Waals surface area (Å²) in [7, 11) is -3.69. The maximum absolute atomic E-state index is 13.3. The quantitative estimate of drug-likeness (QED) is 0.641. The van der Waals surface area contributed by atoms with Crippen molar-refractivity contribution in [3.05, 3.63) is 59.9 Å². The lowest BCUT2D eigenvalue weighted by molar-refractivity contribution is 0.128. The van der Waals surface area contributed by atoms with Gasteiger partial charge in [-0.2, -0.15) is 4.31 Å². The molecule has 2 aromatic carbocycles. The number of nitrogens with zero attached hydrogens (tertiary/aromatic N) is 2. The second-order valence-electron chi connectivity index (χ2n) is 6.03. The first-order valence-corrected chi connectivity index (χ1v) is 9.67. The predicted molar refractivity (Wildman–Crippen MR) is 97.5 cm³/mol. The van der Waals surface area contributed by atoms with E-state index in [1.165, 1.54) is 22.5 Å². The molecule has 138 valence electrons. The molecule has 0 aliphatic carbocycles. The van der Waals surface area contributed by atoms with Crippen molar-refractivity contribution >= 4 is 21.4 Å². The van der Waals surface area contributed by atoms with E-state index in [-0.39, 0.29) is 4.90 Å². The standard InChI is InChI=1S/C18H20FN3O3S/c19-15-2-1-3-18(12-15)26(23,24)22-10-8-17(9-11-22)21-25-13-14-4-6-16(20)7-5-14/h1-7,12H,8-11,13,20H2. The molecule has 0 saturated carbocycles. The van der Waals surface area contributed by atoms with E-state index in [1.54, 1.807) is 12.1 Å². The molecule has 1 aliphatic heterocycles. The lowest BCUT2D eigenvalue weighted by atomic mass is 10.1. The van der Waals surface area contributed by atoms with Crippen LogP contribution in [0.25, 0.3) is 0 Å². The van der Waals surface area contributed by atoms with Crippen LogP contribution in [0.15, 0.2) is 58.6 Å². The molecule has 0 unspecified atom stereocenters. The van der Waals surface area contributed by atoms with Gasteiger partial charge in [0, 0.05) is 31.6 Å². The van der Waals surface area contributed by atoms with Crippen molar-refractivity contribution in [2.45, 2.75) is 24.3 Å². The number of nitrogen functional groups attached to an aromatic ring is 1. The van der Waals surface area contributed by atoms with Crippen LogP contribution in [0, 0.1) is 5.82 Å². The Morgan fingerprint density at radius 2 is 1.81 bits per heavy atom.